The van der Waals surface area contributed by atoms with E-state index in [9.17, 15) is 14.0 Å². The largest absolute Gasteiger partial charge is 0.337 e. The lowest BCUT2D eigenvalue weighted by molar-refractivity contribution is 0.0944. The van der Waals surface area contributed by atoms with E-state index in [1.54, 1.807) is 53.7 Å². The maximum Gasteiger partial charge on any atom is 0.262 e. The summed E-state index contributed by atoms with van der Waals surface area (Å²) in [5, 5.41) is 3.41. The molecule has 1 unspecified atom stereocenters. The van der Waals surface area contributed by atoms with Gasteiger partial charge in [0.2, 0.25) is 0 Å². The Morgan fingerprint density at radius 2 is 2.13 bits per heavy atom. The van der Waals surface area contributed by atoms with Crippen LogP contribution in [-0.4, -0.2) is 25.0 Å². The fourth-order valence-corrected chi connectivity index (χ4v) is 5.23. The zero-order chi connectivity index (χ0) is 21.7. The number of halogens is 1. The number of aromatic nitrogens is 4. The van der Waals surface area contributed by atoms with Crippen molar-refractivity contribution >= 4 is 27.5 Å². The Bertz CT molecular complexity index is 1390. The van der Waals surface area contributed by atoms with Crippen molar-refractivity contribution in [3.8, 4) is 0 Å². The second-order valence-electron chi connectivity index (χ2n) is 7.65. The maximum atomic E-state index is 14.6. The molecule has 1 atom stereocenters. The van der Waals surface area contributed by atoms with Crippen LogP contribution >= 0.6 is 11.3 Å². The predicted octanol–water partition coefficient (Wildman–Crippen LogP) is 3.10. The Morgan fingerprint density at radius 3 is 2.87 bits per heavy atom. The van der Waals surface area contributed by atoms with Crippen LogP contribution in [0.25, 0.3) is 10.2 Å². The van der Waals surface area contributed by atoms with Gasteiger partial charge in [-0.3, -0.25) is 14.2 Å². The number of imidazole rings is 1. The highest BCUT2D eigenvalue weighted by atomic mass is 32.1. The summed E-state index contributed by atoms with van der Waals surface area (Å²) >= 11 is 1.20. The van der Waals surface area contributed by atoms with Gasteiger partial charge in [0.15, 0.2) is 0 Å². The molecule has 0 aliphatic carbocycles. The Hall–Kier alpha value is -3.33. The van der Waals surface area contributed by atoms with Crippen molar-refractivity contribution in [1.29, 1.82) is 0 Å². The number of amides is 1. The third-order valence-electron chi connectivity index (χ3n) is 5.73. The summed E-state index contributed by atoms with van der Waals surface area (Å²) in [6, 6.07) is 5.53. The first-order valence-corrected chi connectivity index (χ1v) is 10.8. The molecule has 158 valence electrons. The van der Waals surface area contributed by atoms with Crippen LogP contribution < -0.4 is 10.9 Å². The number of hydrogen-bond acceptors (Lipinski definition) is 5. The first-order valence-electron chi connectivity index (χ1n) is 10.0. The summed E-state index contributed by atoms with van der Waals surface area (Å²) in [4.78, 5) is 36.2. The average Bonchev–Trinajstić information content (AvgIpc) is 3.46. The number of benzene rings is 1. The molecule has 5 rings (SSSR count). The monoisotopic (exact) mass is 437 g/mol. The first kappa shape index (κ1) is 19.6. The number of carbonyl (C=O) groups excluding carboxylic acids is 1. The molecular formula is C22H20FN5O2S. The van der Waals surface area contributed by atoms with Gasteiger partial charge in [-0.1, -0.05) is 18.2 Å². The lowest BCUT2D eigenvalue weighted by Crippen LogP contribution is -2.31. The highest BCUT2D eigenvalue weighted by Gasteiger charge is 2.28. The average molecular weight is 438 g/mol. The van der Waals surface area contributed by atoms with Crippen LogP contribution in [0.1, 0.15) is 44.9 Å². The number of nitrogens with one attached hydrogen (secondary N) is 1. The second-order valence-corrected chi connectivity index (χ2v) is 8.65. The highest BCUT2D eigenvalue weighted by molar-refractivity contribution is 7.20. The van der Waals surface area contributed by atoms with Crippen molar-refractivity contribution in [3.05, 3.63) is 80.5 Å². The Labute approximate surface area is 181 Å². The summed E-state index contributed by atoms with van der Waals surface area (Å²) in [7, 11) is 1.79. The summed E-state index contributed by atoms with van der Waals surface area (Å²) < 4.78 is 18.0. The number of fused-ring (bicyclic) bond motifs is 2. The number of hydrogen-bond donors (Lipinski definition) is 1. The fraction of sp³-hybridized carbons (Fsp3) is 0.273. The molecule has 0 radical (unpaired) electrons. The number of rotatable bonds is 4. The third-order valence-corrected chi connectivity index (χ3v) is 6.91. The van der Waals surface area contributed by atoms with Gasteiger partial charge in [-0.05, 0) is 25.0 Å². The smallest absolute Gasteiger partial charge is 0.262 e. The van der Waals surface area contributed by atoms with E-state index in [-0.39, 0.29) is 11.5 Å². The molecule has 0 bridgehead atoms. The van der Waals surface area contributed by atoms with Crippen molar-refractivity contribution in [2.24, 2.45) is 7.05 Å². The molecule has 4 heterocycles. The summed E-state index contributed by atoms with van der Waals surface area (Å²) in [6.07, 6.45) is 5.01. The Morgan fingerprint density at radius 1 is 1.32 bits per heavy atom. The van der Waals surface area contributed by atoms with E-state index in [1.807, 2.05) is 0 Å². The van der Waals surface area contributed by atoms with Crippen LogP contribution in [-0.2, 0) is 20.0 Å². The summed E-state index contributed by atoms with van der Waals surface area (Å²) in [5.41, 5.74) is 0.825. The zero-order valence-corrected chi connectivity index (χ0v) is 17.9. The number of nitrogens with zero attached hydrogens (tertiary/aromatic N) is 4. The Kier molecular flexibility index (Phi) is 4.70. The van der Waals surface area contributed by atoms with Crippen molar-refractivity contribution < 1.29 is 9.18 Å². The molecule has 4 aromatic rings. The Balaban J connectivity index is 1.58. The molecule has 0 saturated carbocycles. The van der Waals surface area contributed by atoms with Crippen molar-refractivity contribution in [3.63, 3.8) is 0 Å². The van der Waals surface area contributed by atoms with Crippen LogP contribution in [0.2, 0.25) is 0 Å². The zero-order valence-electron chi connectivity index (χ0n) is 17.1. The van der Waals surface area contributed by atoms with Gasteiger partial charge in [0.1, 0.15) is 28.3 Å². The molecule has 0 fully saturated rings. The van der Waals surface area contributed by atoms with Crippen molar-refractivity contribution in [1.82, 2.24) is 24.4 Å². The molecule has 1 amide bonds. The summed E-state index contributed by atoms with van der Waals surface area (Å²) in [6.45, 7) is 2.42. The third kappa shape index (κ3) is 3.16. The van der Waals surface area contributed by atoms with Gasteiger partial charge >= 0.3 is 0 Å². The molecule has 31 heavy (non-hydrogen) atoms. The molecule has 1 aliphatic heterocycles. The number of thiophene rings is 1. The molecule has 0 spiro atoms. The minimum Gasteiger partial charge on any atom is -0.337 e. The molecule has 1 aliphatic rings. The van der Waals surface area contributed by atoms with Gasteiger partial charge in [-0.2, -0.15) is 0 Å². The molecule has 0 saturated heterocycles. The van der Waals surface area contributed by atoms with E-state index in [1.165, 1.54) is 17.4 Å². The molecule has 1 N–H and O–H groups in total. The van der Waals surface area contributed by atoms with E-state index < -0.39 is 11.9 Å². The minimum atomic E-state index is -0.780. The SMILES string of the molecule is Cc1c(C(=O)NC(c2ccccc2F)c2nccn2C)sc2nc3n(c(=O)c12)CCC3. The van der Waals surface area contributed by atoms with E-state index in [2.05, 4.69) is 15.3 Å². The van der Waals surface area contributed by atoms with Gasteiger partial charge in [0.25, 0.3) is 11.5 Å². The van der Waals surface area contributed by atoms with Gasteiger partial charge in [-0.15, -0.1) is 11.3 Å². The predicted molar refractivity (Wildman–Crippen MR) is 116 cm³/mol. The van der Waals surface area contributed by atoms with Gasteiger partial charge in [-0.25, -0.2) is 14.4 Å². The van der Waals surface area contributed by atoms with Gasteiger partial charge in [0, 0.05) is 38.0 Å². The lowest BCUT2D eigenvalue weighted by atomic mass is 10.0. The van der Waals surface area contributed by atoms with Crippen LogP contribution in [0.15, 0.2) is 41.5 Å². The van der Waals surface area contributed by atoms with Crippen molar-refractivity contribution in [2.45, 2.75) is 32.4 Å². The number of aryl methyl sites for hydroxylation is 3. The standard InChI is InChI=1S/C22H20FN5O2S/c1-12-16-21(25-15-8-5-10-28(15)22(16)30)31-18(12)20(29)26-17(19-24-9-11-27(19)2)13-6-3-4-7-14(13)23/h3-4,6-7,9,11,17H,5,8,10H2,1-2H3,(H,26,29). The highest BCUT2D eigenvalue weighted by Crippen LogP contribution is 2.30. The number of carbonyl (C=O) groups is 1. The van der Waals surface area contributed by atoms with Gasteiger partial charge in [0.05, 0.1) is 10.3 Å². The van der Waals surface area contributed by atoms with E-state index >= 15 is 0 Å². The van der Waals surface area contributed by atoms with Crippen LogP contribution in [0.5, 0.6) is 0 Å². The lowest BCUT2D eigenvalue weighted by Gasteiger charge is -2.19. The van der Waals surface area contributed by atoms with E-state index in [0.29, 0.717) is 38.6 Å². The second kappa shape index (κ2) is 7.42. The fourth-order valence-electron chi connectivity index (χ4n) is 4.13. The normalized spacial score (nSPS) is 14.0. The maximum absolute atomic E-state index is 14.6. The first-order chi connectivity index (χ1) is 15.0. The van der Waals surface area contributed by atoms with Crippen LogP contribution in [0.4, 0.5) is 4.39 Å². The van der Waals surface area contributed by atoms with Gasteiger partial charge < -0.3 is 9.88 Å². The van der Waals surface area contributed by atoms with Crippen LogP contribution in [0, 0.1) is 12.7 Å². The van der Waals surface area contributed by atoms with E-state index in [4.69, 9.17) is 0 Å². The topological polar surface area (TPSA) is 81.8 Å². The van der Waals surface area contributed by atoms with Crippen molar-refractivity contribution in [2.75, 3.05) is 0 Å². The molecular weight excluding hydrogens is 417 g/mol. The van der Waals surface area contributed by atoms with E-state index in [0.717, 1.165) is 18.7 Å². The summed E-state index contributed by atoms with van der Waals surface area (Å²) in [5.74, 6) is 0.457. The minimum absolute atomic E-state index is 0.0972. The molecule has 9 heteroatoms. The molecule has 3 aromatic heterocycles. The molecule has 7 nitrogen and oxygen atoms in total. The quantitative estimate of drug-likeness (QED) is 0.532. The van der Waals surface area contributed by atoms with Crippen LogP contribution in [0.3, 0.4) is 0 Å². The molecule has 1 aromatic carbocycles.